The molecule has 7 heteroatoms. The zero-order valence-corrected chi connectivity index (χ0v) is 17.2. The van der Waals surface area contributed by atoms with E-state index in [0.717, 1.165) is 29.9 Å². The summed E-state index contributed by atoms with van der Waals surface area (Å²) in [4.78, 5) is 16.0. The summed E-state index contributed by atoms with van der Waals surface area (Å²) < 4.78 is 25.7. The predicted molar refractivity (Wildman–Crippen MR) is 118 cm³/mol. The summed E-state index contributed by atoms with van der Waals surface area (Å²) in [6, 6.07) is 14.2. The van der Waals surface area contributed by atoms with Gasteiger partial charge in [-0.25, -0.2) is 14.4 Å². The number of hydrogen-bond donors (Lipinski definition) is 0. The number of nitrogens with zero attached hydrogens (tertiary/aromatic N) is 4. The summed E-state index contributed by atoms with van der Waals surface area (Å²) in [5.41, 5.74) is 2.70. The minimum Gasteiger partial charge on any atom is -0.494 e. The molecule has 0 unspecified atom stereocenters. The minimum absolute atomic E-state index is 0.156. The van der Waals surface area contributed by atoms with Gasteiger partial charge in [0.05, 0.1) is 13.2 Å². The van der Waals surface area contributed by atoms with Crippen LogP contribution in [-0.2, 0) is 4.74 Å². The SMILES string of the molecule is COc1cc(-c2ccccc2F)cc2c(N3CC(OC)C3)nc(-c3cccnc3)nc12. The lowest BCUT2D eigenvalue weighted by Crippen LogP contribution is -2.52. The van der Waals surface area contributed by atoms with E-state index < -0.39 is 0 Å². The number of methoxy groups -OCH3 is 2. The molecule has 1 fully saturated rings. The molecule has 0 spiro atoms. The summed E-state index contributed by atoms with van der Waals surface area (Å²) in [6.07, 6.45) is 3.60. The largest absolute Gasteiger partial charge is 0.494 e. The number of ether oxygens (including phenoxy) is 2. The lowest BCUT2D eigenvalue weighted by molar-refractivity contribution is 0.0785. The average molecular weight is 416 g/mol. The van der Waals surface area contributed by atoms with E-state index in [1.807, 2.05) is 30.3 Å². The maximum Gasteiger partial charge on any atom is 0.163 e. The van der Waals surface area contributed by atoms with Gasteiger partial charge in [0.1, 0.15) is 22.9 Å². The van der Waals surface area contributed by atoms with Crippen molar-refractivity contribution in [2.24, 2.45) is 0 Å². The summed E-state index contributed by atoms with van der Waals surface area (Å²) in [5, 5.41) is 0.805. The molecule has 4 aromatic rings. The first-order chi connectivity index (χ1) is 15.2. The lowest BCUT2D eigenvalue weighted by Gasteiger charge is -2.39. The first-order valence-electron chi connectivity index (χ1n) is 10.0. The van der Waals surface area contributed by atoms with Gasteiger partial charge in [-0.1, -0.05) is 18.2 Å². The fraction of sp³-hybridized carbons (Fsp3) is 0.208. The zero-order valence-electron chi connectivity index (χ0n) is 17.2. The van der Waals surface area contributed by atoms with Crippen molar-refractivity contribution in [2.75, 3.05) is 32.2 Å². The molecule has 0 saturated carbocycles. The van der Waals surface area contributed by atoms with E-state index in [1.54, 1.807) is 38.7 Å². The molecule has 3 heterocycles. The molecular weight excluding hydrogens is 395 g/mol. The lowest BCUT2D eigenvalue weighted by atomic mass is 10.0. The number of aromatic nitrogens is 3. The van der Waals surface area contributed by atoms with E-state index in [1.165, 1.54) is 6.07 Å². The fourth-order valence-corrected chi connectivity index (χ4v) is 3.82. The molecule has 0 N–H and O–H groups in total. The Morgan fingerprint density at radius 1 is 1.00 bits per heavy atom. The van der Waals surface area contributed by atoms with Crippen LogP contribution in [0, 0.1) is 5.82 Å². The molecule has 6 nitrogen and oxygen atoms in total. The van der Waals surface area contributed by atoms with Crippen molar-refractivity contribution < 1.29 is 13.9 Å². The van der Waals surface area contributed by atoms with Crippen molar-refractivity contribution in [3.63, 3.8) is 0 Å². The van der Waals surface area contributed by atoms with Crippen LogP contribution in [0.15, 0.2) is 60.9 Å². The molecule has 0 radical (unpaired) electrons. The number of pyridine rings is 1. The van der Waals surface area contributed by atoms with Crippen LogP contribution in [0.1, 0.15) is 0 Å². The monoisotopic (exact) mass is 416 g/mol. The van der Waals surface area contributed by atoms with E-state index in [2.05, 4.69) is 9.88 Å². The van der Waals surface area contributed by atoms with Crippen LogP contribution >= 0.6 is 0 Å². The predicted octanol–water partition coefficient (Wildman–Crippen LogP) is 4.34. The van der Waals surface area contributed by atoms with Crippen LogP contribution in [0.3, 0.4) is 0 Å². The first-order valence-corrected chi connectivity index (χ1v) is 10.0. The fourth-order valence-electron chi connectivity index (χ4n) is 3.82. The Morgan fingerprint density at radius 2 is 1.84 bits per heavy atom. The first kappa shape index (κ1) is 19.4. The average Bonchev–Trinajstić information content (AvgIpc) is 2.78. The Balaban J connectivity index is 1.75. The number of halogens is 1. The second-order valence-corrected chi connectivity index (χ2v) is 7.43. The van der Waals surface area contributed by atoms with Crippen molar-refractivity contribution in [3.05, 3.63) is 66.7 Å². The van der Waals surface area contributed by atoms with E-state index in [0.29, 0.717) is 28.2 Å². The number of rotatable bonds is 5. The number of fused-ring (bicyclic) bond motifs is 1. The van der Waals surface area contributed by atoms with E-state index in [9.17, 15) is 4.39 Å². The van der Waals surface area contributed by atoms with Crippen LogP contribution < -0.4 is 9.64 Å². The highest BCUT2D eigenvalue weighted by Gasteiger charge is 2.30. The molecule has 156 valence electrons. The van der Waals surface area contributed by atoms with Crippen molar-refractivity contribution in [1.82, 2.24) is 15.0 Å². The van der Waals surface area contributed by atoms with Gasteiger partial charge in [-0.15, -0.1) is 0 Å². The quantitative estimate of drug-likeness (QED) is 0.482. The minimum atomic E-state index is -0.290. The van der Waals surface area contributed by atoms with Crippen molar-refractivity contribution in [3.8, 4) is 28.3 Å². The highest BCUT2D eigenvalue weighted by Crippen LogP contribution is 2.38. The molecule has 1 saturated heterocycles. The van der Waals surface area contributed by atoms with Gasteiger partial charge in [0.15, 0.2) is 5.82 Å². The summed E-state index contributed by atoms with van der Waals surface area (Å²) in [7, 11) is 3.30. The second kappa shape index (κ2) is 7.92. The van der Waals surface area contributed by atoms with Crippen LogP contribution in [0.5, 0.6) is 5.75 Å². The molecule has 0 atom stereocenters. The highest BCUT2D eigenvalue weighted by molar-refractivity contribution is 5.98. The number of benzene rings is 2. The second-order valence-electron chi connectivity index (χ2n) is 7.43. The van der Waals surface area contributed by atoms with Gasteiger partial charge in [-0.3, -0.25) is 4.98 Å². The molecule has 0 bridgehead atoms. The van der Waals surface area contributed by atoms with Crippen molar-refractivity contribution >= 4 is 16.7 Å². The van der Waals surface area contributed by atoms with Gasteiger partial charge in [0, 0.05) is 49.1 Å². The molecule has 0 amide bonds. The van der Waals surface area contributed by atoms with Gasteiger partial charge < -0.3 is 14.4 Å². The summed E-state index contributed by atoms with van der Waals surface area (Å²) in [6.45, 7) is 1.45. The van der Waals surface area contributed by atoms with E-state index in [4.69, 9.17) is 19.4 Å². The molecule has 2 aromatic heterocycles. The van der Waals surface area contributed by atoms with Crippen LogP contribution in [0.4, 0.5) is 10.2 Å². The molecule has 5 rings (SSSR count). The van der Waals surface area contributed by atoms with Crippen LogP contribution in [-0.4, -0.2) is 48.4 Å². The number of hydrogen-bond acceptors (Lipinski definition) is 6. The van der Waals surface area contributed by atoms with Gasteiger partial charge >= 0.3 is 0 Å². The van der Waals surface area contributed by atoms with Gasteiger partial charge in [0.2, 0.25) is 0 Å². The standard InChI is InChI=1S/C24H21FN4O2/c1-30-17-13-29(14-17)24-19-10-16(18-7-3-4-8-20(18)25)11-21(31-2)22(19)27-23(28-24)15-6-5-9-26-12-15/h3-12,17H,13-14H2,1-2H3. The van der Waals surface area contributed by atoms with Gasteiger partial charge in [0.25, 0.3) is 0 Å². The maximum atomic E-state index is 14.5. The summed E-state index contributed by atoms with van der Waals surface area (Å²) >= 11 is 0. The smallest absolute Gasteiger partial charge is 0.163 e. The maximum absolute atomic E-state index is 14.5. The third-order valence-corrected chi connectivity index (χ3v) is 5.55. The van der Waals surface area contributed by atoms with E-state index >= 15 is 0 Å². The Kier molecular flexibility index (Phi) is 4.95. The third-order valence-electron chi connectivity index (χ3n) is 5.55. The normalized spacial score (nSPS) is 14.0. The zero-order chi connectivity index (χ0) is 21.4. The van der Waals surface area contributed by atoms with Crippen LogP contribution in [0.2, 0.25) is 0 Å². The molecule has 2 aromatic carbocycles. The third kappa shape index (κ3) is 3.47. The van der Waals surface area contributed by atoms with Gasteiger partial charge in [-0.2, -0.15) is 0 Å². The van der Waals surface area contributed by atoms with Gasteiger partial charge in [-0.05, 0) is 35.9 Å². The molecule has 1 aliphatic rings. The summed E-state index contributed by atoms with van der Waals surface area (Å²) in [5.74, 6) is 1.61. The molecule has 0 aliphatic carbocycles. The van der Waals surface area contributed by atoms with E-state index in [-0.39, 0.29) is 11.9 Å². The highest BCUT2D eigenvalue weighted by atomic mass is 19.1. The topological polar surface area (TPSA) is 60.4 Å². The van der Waals surface area contributed by atoms with Crippen LogP contribution in [0.25, 0.3) is 33.4 Å². The molecular formula is C24H21FN4O2. The molecule has 1 aliphatic heterocycles. The molecule has 31 heavy (non-hydrogen) atoms. The Bertz CT molecular complexity index is 1240. The Labute approximate surface area is 179 Å². The van der Waals surface area contributed by atoms with Crippen molar-refractivity contribution in [2.45, 2.75) is 6.10 Å². The Morgan fingerprint density at radius 3 is 2.55 bits per heavy atom. The Hall–Kier alpha value is -3.58. The number of anilines is 1. The van der Waals surface area contributed by atoms with Crippen molar-refractivity contribution in [1.29, 1.82) is 0 Å².